The number of aromatic amines is 1. The summed E-state index contributed by atoms with van der Waals surface area (Å²) in [6, 6.07) is 0.279. The van der Waals surface area contributed by atoms with Crippen molar-refractivity contribution in [3.63, 3.8) is 0 Å². The van der Waals surface area contributed by atoms with Gasteiger partial charge in [-0.25, -0.2) is 0 Å². The van der Waals surface area contributed by atoms with Gasteiger partial charge in [-0.05, 0) is 33.5 Å². The van der Waals surface area contributed by atoms with Gasteiger partial charge < -0.3 is 15.6 Å². The van der Waals surface area contributed by atoms with E-state index in [0.29, 0.717) is 0 Å². The third kappa shape index (κ3) is 4.15. The van der Waals surface area contributed by atoms with Crippen LogP contribution in [0.4, 0.5) is 0 Å². The van der Waals surface area contributed by atoms with Gasteiger partial charge in [0.05, 0.1) is 0 Å². The minimum absolute atomic E-state index is 0.0282. The van der Waals surface area contributed by atoms with Crippen molar-refractivity contribution in [1.82, 2.24) is 15.6 Å². The fraction of sp³-hybridized carbons (Fsp3) is 0.700. The quantitative estimate of drug-likeness (QED) is 0.613. The highest BCUT2D eigenvalue weighted by molar-refractivity contribution is 7.07. The van der Waals surface area contributed by atoms with Crippen LogP contribution in [0, 0.1) is 0 Å². The first-order valence-electron chi connectivity index (χ1n) is 5.27. The first-order valence-corrected chi connectivity index (χ1v) is 6.15. The van der Waals surface area contributed by atoms with Crippen molar-refractivity contribution in [1.29, 1.82) is 0 Å². The topological polar surface area (TPSA) is 56.9 Å². The number of hydrogen-bond donors (Lipinski definition) is 3. The third-order valence-corrected chi connectivity index (χ3v) is 3.12. The van der Waals surface area contributed by atoms with Crippen LogP contribution in [0.15, 0.2) is 10.2 Å². The van der Waals surface area contributed by atoms with Crippen LogP contribution in [0.1, 0.15) is 31.0 Å². The number of hydrogen-bond acceptors (Lipinski definition) is 4. The zero-order valence-corrected chi connectivity index (χ0v) is 10.1. The van der Waals surface area contributed by atoms with E-state index in [1.54, 1.807) is 0 Å². The van der Waals surface area contributed by atoms with Crippen LogP contribution in [0.5, 0.6) is 0 Å². The molecule has 5 heteroatoms. The van der Waals surface area contributed by atoms with E-state index in [4.69, 9.17) is 0 Å². The lowest BCUT2D eigenvalue weighted by Gasteiger charge is -2.13. The Morgan fingerprint density at radius 2 is 2.27 bits per heavy atom. The predicted molar refractivity (Wildman–Crippen MR) is 64.5 cm³/mol. The van der Waals surface area contributed by atoms with Crippen LogP contribution in [0.25, 0.3) is 0 Å². The average Bonchev–Trinajstić information content (AvgIpc) is 2.65. The van der Waals surface area contributed by atoms with Crippen molar-refractivity contribution in [2.45, 2.75) is 25.3 Å². The number of nitrogens with one attached hydrogen (secondary N) is 3. The molecule has 0 radical (unpaired) electrons. The van der Waals surface area contributed by atoms with Crippen LogP contribution in [0.3, 0.4) is 0 Å². The van der Waals surface area contributed by atoms with Crippen LogP contribution in [-0.4, -0.2) is 25.6 Å². The van der Waals surface area contributed by atoms with Gasteiger partial charge in [0.2, 0.25) is 0 Å². The van der Waals surface area contributed by atoms with E-state index in [-0.39, 0.29) is 10.9 Å². The average molecular weight is 229 g/mol. The van der Waals surface area contributed by atoms with Crippen molar-refractivity contribution >= 4 is 11.3 Å². The lowest BCUT2D eigenvalue weighted by Crippen LogP contribution is -2.18. The van der Waals surface area contributed by atoms with E-state index < -0.39 is 0 Å². The molecule has 0 aromatic carbocycles. The van der Waals surface area contributed by atoms with Gasteiger partial charge in [-0.15, -0.1) is 0 Å². The van der Waals surface area contributed by atoms with Crippen molar-refractivity contribution in [2.75, 3.05) is 20.6 Å². The fourth-order valence-electron chi connectivity index (χ4n) is 1.57. The molecule has 0 saturated heterocycles. The van der Waals surface area contributed by atoms with Crippen LogP contribution in [0.2, 0.25) is 0 Å². The number of rotatable bonds is 7. The summed E-state index contributed by atoms with van der Waals surface area (Å²) in [5, 5.41) is 8.26. The molecule has 1 unspecified atom stereocenters. The summed E-state index contributed by atoms with van der Waals surface area (Å²) >= 11 is 1.23. The molecule has 0 bridgehead atoms. The Morgan fingerprint density at radius 1 is 1.47 bits per heavy atom. The number of thiazole rings is 1. The number of unbranched alkanes of at least 4 members (excludes halogenated alkanes) is 1. The van der Waals surface area contributed by atoms with E-state index in [0.717, 1.165) is 25.1 Å². The molecule has 86 valence electrons. The smallest absolute Gasteiger partial charge is 0.304 e. The van der Waals surface area contributed by atoms with E-state index in [2.05, 4.69) is 15.6 Å². The summed E-state index contributed by atoms with van der Waals surface area (Å²) in [5.41, 5.74) is 1.01. The maximum atomic E-state index is 11.0. The molecular weight excluding hydrogens is 210 g/mol. The minimum Gasteiger partial charge on any atom is -0.320 e. The Labute approximate surface area is 94.1 Å². The largest absolute Gasteiger partial charge is 0.320 e. The van der Waals surface area contributed by atoms with Crippen LogP contribution < -0.4 is 15.5 Å². The SMILES string of the molecule is CNCCCCC(NC)c1csc(=O)[nH]1. The molecule has 1 aromatic rings. The van der Waals surface area contributed by atoms with E-state index in [9.17, 15) is 4.79 Å². The molecule has 0 saturated carbocycles. The minimum atomic E-state index is 0.0282. The Morgan fingerprint density at radius 3 is 2.80 bits per heavy atom. The Hall–Kier alpha value is -0.650. The standard InChI is InChI=1S/C10H19N3OS/c1-11-6-4-3-5-8(12-2)9-7-15-10(14)13-9/h7-8,11-12H,3-6H2,1-2H3,(H,13,14). The van der Waals surface area contributed by atoms with Crippen LogP contribution >= 0.6 is 11.3 Å². The highest BCUT2D eigenvalue weighted by atomic mass is 32.1. The molecule has 0 fully saturated rings. The summed E-state index contributed by atoms with van der Waals surface area (Å²) in [6.45, 7) is 1.05. The van der Waals surface area contributed by atoms with Crippen molar-refractivity contribution in [2.24, 2.45) is 0 Å². The third-order valence-electron chi connectivity index (χ3n) is 2.43. The van der Waals surface area contributed by atoms with Gasteiger partial charge in [-0.2, -0.15) is 0 Å². The Kier molecular flexibility index (Phi) is 5.60. The number of H-pyrrole nitrogens is 1. The van der Waals surface area contributed by atoms with Gasteiger partial charge in [0.15, 0.2) is 0 Å². The van der Waals surface area contributed by atoms with Gasteiger partial charge in [0.1, 0.15) is 0 Å². The van der Waals surface area contributed by atoms with E-state index in [1.165, 1.54) is 17.8 Å². The summed E-state index contributed by atoms with van der Waals surface area (Å²) in [4.78, 5) is 13.9. The normalized spacial score (nSPS) is 12.9. The maximum absolute atomic E-state index is 11.0. The van der Waals surface area contributed by atoms with Gasteiger partial charge in [-0.3, -0.25) is 4.79 Å². The highest BCUT2D eigenvalue weighted by Crippen LogP contribution is 2.16. The molecule has 0 aliphatic heterocycles. The Bertz CT molecular complexity index is 320. The molecule has 1 aromatic heterocycles. The second-order valence-electron chi connectivity index (χ2n) is 3.54. The van der Waals surface area contributed by atoms with E-state index in [1.807, 2.05) is 19.5 Å². The maximum Gasteiger partial charge on any atom is 0.304 e. The molecule has 0 aliphatic carbocycles. The predicted octanol–water partition coefficient (Wildman–Crippen LogP) is 1.09. The summed E-state index contributed by atoms with van der Waals surface area (Å²) in [7, 11) is 3.89. The zero-order chi connectivity index (χ0) is 11.1. The lowest BCUT2D eigenvalue weighted by atomic mass is 10.1. The summed E-state index contributed by atoms with van der Waals surface area (Å²) in [5.74, 6) is 0. The van der Waals surface area contributed by atoms with E-state index >= 15 is 0 Å². The molecule has 1 heterocycles. The van der Waals surface area contributed by atoms with Gasteiger partial charge in [0, 0.05) is 17.1 Å². The molecule has 15 heavy (non-hydrogen) atoms. The monoisotopic (exact) mass is 229 g/mol. The first kappa shape index (κ1) is 12.4. The van der Waals surface area contributed by atoms with Crippen molar-refractivity contribution in [3.8, 4) is 0 Å². The molecule has 3 N–H and O–H groups in total. The summed E-state index contributed by atoms with van der Waals surface area (Å²) < 4.78 is 0. The second kappa shape index (κ2) is 6.76. The molecule has 1 atom stereocenters. The first-order chi connectivity index (χ1) is 7.27. The Balaban J connectivity index is 2.39. The fourth-order valence-corrected chi connectivity index (χ4v) is 2.20. The van der Waals surface area contributed by atoms with Gasteiger partial charge in [0.25, 0.3) is 0 Å². The molecule has 0 spiro atoms. The zero-order valence-electron chi connectivity index (χ0n) is 9.30. The molecule has 0 amide bonds. The van der Waals surface area contributed by atoms with Crippen LogP contribution in [-0.2, 0) is 0 Å². The van der Waals surface area contributed by atoms with Crippen molar-refractivity contribution < 1.29 is 0 Å². The van der Waals surface area contributed by atoms with Crippen molar-refractivity contribution in [3.05, 3.63) is 20.7 Å². The molecule has 4 nitrogen and oxygen atoms in total. The van der Waals surface area contributed by atoms with Gasteiger partial charge >= 0.3 is 4.87 Å². The lowest BCUT2D eigenvalue weighted by molar-refractivity contribution is 0.501. The summed E-state index contributed by atoms with van der Waals surface area (Å²) in [6.07, 6.45) is 3.39. The second-order valence-corrected chi connectivity index (χ2v) is 4.39. The molecule has 1 rings (SSSR count). The highest BCUT2D eigenvalue weighted by Gasteiger charge is 2.10. The molecule has 0 aliphatic rings. The van der Waals surface area contributed by atoms with Gasteiger partial charge in [-0.1, -0.05) is 17.8 Å². The molecular formula is C10H19N3OS. The number of aromatic nitrogens is 1.